The number of hydrogen-bond acceptors (Lipinski definition) is 5. The summed E-state index contributed by atoms with van der Waals surface area (Å²) in [5, 5.41) is 3.85. The topological polar surface area (TPSA) is 73.2 Å². The molecule has 7 heteroatoms. The summed E-state index contributed by atoms with van der Waals surface area (Å²) in [5.41, 5.74) is 1.82. The van der Waals surface area contributed by atoms with Crippen LogP contribution in [0.15, 0.2) is 88.8 Å². The first-order valence-corrected chi connectivity index (χ1v) is 10.3. The van der Waals surface area contributed by atoms with Gasteiger partial charge in [-0.05, 0) is 48.5 Å². The normalized spacial score (nSPS) is 10.7. The highest BCUT2D eigenvalue weighted by Gasteiger charge is 2.14. The second kappa shape index (κ2) is 8.84. The molecule has 30 heavy (non-hydrogen) atoms. The molecule has 0 fully saturated rings. The van der Waals surface area contributed by atoms with Crippen LogP contribution in [-0.4, -0.2) is 28.3 Å². The Hall–Kier alpha value is -3.58. The molecule has 0 atom stereocenters. The maximum Gasteiger partial charge on any atom is 0.266 e. The highest BCUT2D eigenvalue weighted by atomic mass is 32.2. The van der Waals surface area contributed by atoms with Crippen molar-refractivity contribution >= 4 is 34.3 Å². The van der Waals surface area contributed by atoms with E-state index in [1.807, 2.05) is 42.5 Å². The number of fused-ring (bicyclic) bond motifs is 1. The van der Waals surface area contributed by atoms with Crippen molar-refractivity contribution in [3.63, 3.8) is 0 Å². The van der Waals surface area contributed by atoms with Crippen LogP contribution in [0.25, 0.3) is 16.6 Å². The molecule has 6 nitrogen and oxygen atoms in total. The molecule has 0 aliphatic heterocycles. The van der Waals surface area contributed by atoms with E-state index in [-0.39, 0.29) is 17.2 Å². The predicted molar refractivity (Wildman–Crippen MR) is 120 cm³/mol. The number of rotatable bonds is 6. The van der Waals surface area contributed by atoms with E-state index in [4.69, 9.17) is 4.74 Å². The first-order valence-electron chi connectivity index (χ1n) is 9.29. The van der Waals surface area contributed by atoms with Gasteiger partial charge >= 0.3 is 0 Å². The lowest BCUT2D eigenvalue weighted by Crippen LogP contribution is -2.22. The Kier molecular flexibility index (Phi) is 5.81. The molecule has 1 amide bonds. The van der Waals surface area contributed by atoms with Gasteiger partial charge in [0.1, 0.15) is 5.75 Å². The average Bonchev–Trinajstić information content (AvgIpc) is 2.79. The number of aromatic nitrogens is 2. The predicted octanol–water partition coefficient (Wildman–Crippen LogP) is 4.13. The van der Waals surface area contributed by atoms with Crippen LogP contribution in [0.1, 0.15) is 0 Å². The number of benzene rings is 3. The summed E-state index contributed by atoms with van der Waals surface area (Å²) in [6.07, 6.45) is 0. The largest absolute Gasteiger partial charge is 0.497 e. The van der Waals surface area contributed by atoms with E-state index in [9.17, 15) is 9.59 Å². The average molecular weight is 417 g/mol. The number of ether oxygens (including phenoxy) is 1. The maximum absolute atomic E-state index is 13.1. The molecule has 150 valence electrons. The van der Waals surface area contributed by atoms with E-state index >= 15 is 0 Å². The van der Waals surface area contributed by atoms with Crippen LogP contribution in [0.4, 0.5) is 5.69 Å². The molecule has 1 aromatic heterocycles. The Labute approximate surface area is 177 Å². The third kappa shape index (κ3) is 4.21. The molecule has 0 bridgehead atoms. The van der Waals surface area contributed by atoms with Gasteiger partial charge in [0.2, 0.25) is 5.91 Å². The molecular formula is C23H19N3O3S. The van der Waals surface area contributed by atoms with Crippen LogP contribution in [-0.2, 0) is 4.79 Å². The summed E-state index contributed by atoms with van der Waals surface area (Å²) in [5.74, 6) is 0.644. The Morgan fingerprint density at radius 1 is 1.00 bits per heavy atom. The standard InChI is InChI=1S/C23H19N3O3S/c1-29-18-13-11-16(12-14-18)24-21(27)15-30-23-25-20-10-6-5-9-19(20)22(28)26(23)17-7-3-2-4-8-17/h2-14H,15H2,1H3,(H,24,27). The van der Waals surface area contributed by atoms with Gasteiger partial charge in [0.15, 0.2) is 5.16 Å². The number of carbonyl (C=O) groups excluding carboxylic acids is 1. The van der Waals surface area contributed by atoms with Crippen molar-refractivity contribution in [1.82, 2.24) is 9.55 Å². The van der Waals surface area contributed by atoms with Crippen LogP contribution in [0.3, 0.4) is 0 Å². The van der Waals surface area contributed by atoms with Gasteiger partial charge in [0.05, 0.1) is 29.5 Å². The van der Waals surface area contributed by atoms with Crippen molar-refractivity contribution in [2.75, 3.05) is 18.2 Å². The van der Waals surface area contributed by atoms with Crippen molar-refractivity contribution in [1.29, 1.82) is 0 Å². The van der Waals surface area contributed by atoms with Crippen molar-refractivity contribution in [3.05, 3.63) is 89.2 Å². The van der Waals surface area contributed by atoms with Gasteiger partial charge in [-0.25, -0.2) is 4.98 Å². The van der Waals surface area contributed by atoms with E-state index < -0.39 is 0 Å². The zero-order valence-electron chi connectivity index (χ0n) is 16.2. The lowest BCUT2D eigenvalue weighted by Gasteiger charge is -2.13. The molecule has 4 rings (SSSR count). The van der Waals surface area contributed by atoms with Gasteiger partial charge in [-0.15, -0.1) is 0 Å². The van der Waals surface area contributed by atoms with Crippen molar-refractivity contribution in [3.8, 4) is 11.4 Å². The van der Waals surface area contributed by atoms with Crippen LogP contribution >= 0.6 is 11.8 Å². The fourth-order valence-corrected chi connectivity index (χ4v) is 3.83. The number of anilines is 1. The van der Waals surface area contributed by atoms with E-state index in [1.54, 1.807) is 48.1 Å². The minimum Gasteiger partial charge on any atom is -0.497 e. The van der Waals surface area contributed by atoms with Crippen molar-refractivity contribution in [2.45, 2.75) is 5.16 Å². The molecule has 1 heterocycles. The van der Waals surface area contributed by atoms with E-state index in [2.05, 4.69) is 10.3 Å². The molecule has 0 saturated heterocycles. The van der Waals surface area contributed by atoms with E-state index in [0.29, 0.717) is 27.4 Å². The number of carbonyl (C=O) groups is 1. The van der Waals surface area contributed by atoms with Gasteiger partial charge in [0, 0.05) is 5.69 Å². The van der Waals surface area contributed by atoms with Gasteiger partial charge in [0.25, 0.3) is 5.56 Å². The SMILES string of the molecule is COc1ccc(NC(=O)CSc2nc3ccccc3c(=O)n2-c2ccccc2)cc1. The zero-order chi connectivity index (χ0) is 20.9. The van der Waals surface area contributed by atoms with Crippen molar-refractivity contribution in [2.24, 2.45) is 0 Å². The number of methoxy groups -OCH3 is 1. The quantitative estimate of drug-likeness (QED) is 0.377. The van der Waals surface area contributed by atoms with Crippen LogP contribution in [0.5, 0.6) is 5.75 Å². The summed E-state index contributed by atoms with van der Waals surface area (Å²) in [4.78, 5) is 30.2. The monoisotopic (exact) mass is 417 g/mol. The molecule has 1 N–H and O–H groups in total. The number of nitrogens with zero attached hydrogens (tertiary/aromatic N) is 2. The third-order valence-corrected chi connectivity index (χ3v) is 5.40. The highest BCUT2D eigenvalue weighted by molar-refractivity contribution is 7.99. The number of para-hydroxylation sites is 2. The fourth-order valence-electron chi connectivity index (χ4n) is 3.02. The Balaban J connectivity index is 1.61. The lowest BCUT2D eigenvalue weighted by molar-refractivity contribution is -0.113. The first-order chi connectivity index (χ1) is 14.7. The van der Waals surface area contributed by atoms with Gasteiger partial charge in [-0.1, -0.05) is 42.1 Å². The summed E-state index contributed by atoms with van der Waals surface area (Å²) in [6, 6.07) is 23.6. The molecule has 0 unspecified atom stereocenters. The first kappa shape index (κ1) is 19.7. The molecule has 3 aromatic carbocycles. The number of nitrogens with one attached hydrogen (secondary N) is 1. The number of hydrogen-bond donors (Lipinski definition) is 1. The smallest absolute Gasteiger partial charge is 0.266 e. The van der Waals surface area contributed by atoms with Gasteiger partial charge in [-0.2, -0.15) is 0 Å². The molecule has 0 saturated carbocycles. The van der Waals surface area contributed by atoms with E-state index in [1.165, 1.54) is 11.8 Å². The highest BCUT2D eigenvalue weighted by Crippen LogP contribution is 2.22. The minimum absolute atomic E-state index is 0.115. The van der Waals surface area contributed by atoms with Crippen LogP contribution < -0.4 is 15.6 Å². The fraction of sp³-hybridized carbons (Fsp3) is 0.0870. The number of thioether (sulfide) groups is 1. The minimum atomic E-state index is -0.188. The van der Waals surface area contributed by atoms with Crippen LogP contribution in [0.2, 0.25) is 0 Å². The Morgan fingerprint density at radius 3 is 2.43 bits per heavy atom. The molecule has 0 spiro atoms. The second-order valence-corrected chi connectivity index (χ2v) is 7.40. The van der Waals surface area contributed by atoms with Crippen molar-refractivity contribution < 1.29 is 9.53 Å². The summed E-state index contributed by atoms with van der Waals surface area (Å²) >= 11 is 1.22. The molecular weight excluding hydrogens is 398 g/mol. The summed E-state index contributed by atoms with van der Waals surface area (Å²) in [6.45, 7) is 0. The summed E-state index contributed by atoms with van der Waals surface area (Å²) in [7, 11) is 1.59. The summed E-state index contributed by atoms with van der Waals surface area (Å²) < 4.78 is 6.67. The van der Waals surface area contributed by atoms with Gasteiger partial charge < -0.3 is 10.1 Å². The third-order valence-electron chi connectivity index (χ3n) is 4.47. The van der Waals surface area contributed by atoms with E-state index in [0.717, 1.165) is 5.75 Å². The zero-order valence-corrected chi connectivity index (χ0v) is 17.1. The lowest BCUT2D eigenvalue weighted by atomic mass is 10.2. The number of amides is 1. The molecule has 0 aliphatic carbocycles. The molecule has 0 radical (unpaired) electrons. The maximum atomic E-state index is 13.1. The Bertz CT molecular complexity index is 1240. The Morgan fingerprint density at radius 2 is 1.70 bits per heavy atom. The van der Waals surface area contributed by atoms with Gasteiger partial charge in [-0.3, -0.25) is 14.2 Å². The van der Waals surface area contributed by atoms with Crippen LogP contribution in [0, 0.1) is 0 Å². The molecule has 0 aliphatic rings. The second-order valence-electron chi connectivity index (χ2n) is 6.45. The molecule has 4 aromatic rings.